The van der Waals surface area contributed by atoms with Crippen LogP contribution in [0.2, 0.25) is 0 Å². The Labute approximate surface area is 336 Å². The molecule has 54 heavy (non-hydrogen) atoms. The van der Waals surface area contributed by atoms with Crippen LogP contribution in [0.4, 0.5) is 0 Å². The lowest BCUT2D eigenvalue weighted by Crippen LogP contribution is -2.53. The van der Waals surface area contributed by atoms with Gasteiger partial charge in [-0.15, -0.1) is 0 Å². The number of rotatable bonds is 44. The molecule has 6 heteroatoms. The van der Waals surface area contributed by atoms with Gasteiger partial charge in [-0.1, -0.05) is 231 Å². The predicted octanol–water partition coefficient (Wildman–Crippen LogP) is 13.0. The molecule has 0 saturated carbocycles. The van der Waals surface area contributed by atoms with Crippen LogP contribution in [0.1, 0.15) is 258 Å². The molecule has 0 fully saturated rings. The Morgan fingerprint density at radius 3 is 1.11 bits per heavy atom. The number of amides is 1. The molecule has 0 aromatic heterocycles. The van der Waals surface area contributed by atoms with Crippen molar-refractivity contribution in [2.75, 3.05) is 6.61 Å². The molecule has 0 aliphatic carbocycles. The summed E-state index contributed by atoms with van der Waals surface area (Å²) in [5.74, 6) is -0.589. The van der Waals surface area contributed by atoms with Gasteiger partial charge in [0, 0.05) is 0 Å². The largest absolute Gasteiger partial charge is 0.394 e. The van der Waals surface area contributed by atoms with Gasteiger partial charge < -0.3 is 25.7 Å². The summed E-state index contributed by atoms with van der Waals surface area (Å²) in [6.45, 7) is 4.06. The highest BCUT2D eigenvalue weighted by molar-refractivity contribution is 5.80. The molecule has 0 radical (unpaired) electrons. The highest BCUT2D eigenvalue weighted by Crippen LogP contribution is 2.17. The van der Waals surface area contributed by atoms with Crippen LogP contribution in [-0.2, 0) is 4.79 Å². The summed E-state index contributed by atoms with van der Waals surface area (Å²) in [5.41, 5.74) is 0. The van der Waals surface area contributed by atoms with E-state index in [0.29, 0.717) is 12.8 Å². The van der Waals surface area contributed by atoms with Crippen LogP contribution in [0.25, 0.3) is 0 Å². The van der Waals surface area contributed by atoms with Gasteiger partial charge in [0.2, 0.25) is 5.91 Å². The number of carbonyl (C=O) groups excluding carboxylic acids is 1. The summed E-state index contributed by atoms with van der Waals surface area (Å²) in [6.07, 6.45) is 48.2. The first-order chi connectivity index (χ1) is 26.5. The Hall–Kier alpha value is -0.950. The maximum Gasteiger partial charge on any atom is 0.249 e. The molecule has 0 saturated heterocycles. The van der Waals surface area contributed by atoms with E-state index < -0.39 is 36.9 Å². The molecule has 0 bridgehead atoms. The summed E-state index contributed by atoms with van der Waals surface area (Å²) in [4.78, 5) is 12.5. The molecule has 5 N–H and O–H groups in total. The zero-order chi connectivity index (χ0) is 39.6. The van der Waals surface area contributed by atoms with Crippen LogP contribution < -0.4 is 5.32 Å². The van der Waals surface area contributed by atoms with E-state index in [-0.39, 0.29) is 0 Å². The molecule has 6 nitrogen and oxygen atoms in total. The first kappa shape index (κ1) is 53.0. The summed E-state index contributed by atoms with van der Waals surface area (Å²) in [5, 5.41) is 43.8. The number of aliphatic hydroxyl groups is 4. The molecule has 4 atom stereocenters. The average molecular weight is 766 g/mol. The molecule has 322 valence electrons. The Balaban J connectivity index is 3.70. The number of hydrogen-bond acceptors (Lipinski definition) is 5. The Kier molecular flexibility index (Phi) is 42.4. The molecule has 4 unspecified atom stereocenters. The molecule has 0 heterocycles. The fourth-order valence-electron chi connectivity index (χ4n) is 7.64. The zero-order valence-electron chi connectivity index (χ0n) is 36.2. The fraction of sp³-hybridized carbons (Fsp3) is 0.938. The van der Waals surface area contributed by atoms with Gasteiger partial charge in [-0.25, -0.2) is 0 Å². The van der Waals surface area contributed by atoms with Gasteiger partial charge in [0.15, 0.2) is 0 Å². The van der Waals surface area contributed by atoms with Crippen molar-refractivity contribution in [3.63, 3.8) is 0 Å². The minimum atomic E-state index is -1.28. The van der Waals surface area contributed by atoms with Crippen molar-refractivity contribution in [3.8, 4) is 0 Å². The van der Waals surface area contributed by atoms with Crippen LogP contribution in [0.3, 0.4) is 0 Å². The van der Waals surface area contributed by atoms with Crippen molar-refractivity contribution in [2.45, 2.75) is 282 Å². The second kappa shape index (κ2) is 43.2. The van der Waals surface area contributed by atoms with E-state index in [0.717, 1.165) is 38.5 Å². The van der Waals surface area contributed by atoms with Crippen molar-refractivity contribution >= 4 is 5.91 Å². The smallest absolute Gasteiger partial charge is 0.249 e. The van der Waals surface area contributed by atoms with E-state index in [2.05, 4.69) is 31.3 Å². The van der Waals surface area contributed by atoms with Crippen molar-refractivity contribution < 1.29 is 25.2 Å². The highest BCUT2D eigenvalue weighted by Gasteiger charge is 2.28. The highest BCUT2D eigenvalue weighted by atomic mass is 16.3. The van der Waals surface area contributed by atoms with E-state index in [9.17, 15) is 25.2 Å². The summed E-state index contributed by atoms with van der Waals surface area (Å²) >= 11 is 0. The molecule has 0 aliphatic rings. The number of unbranched alkanes of at least 4 members (excludes halogenated alkanes) is 33. The lowest BCUT2D eigenvalue weighted by atomic mass is 10.00. The molecular formula is C48H95NO5. The Bertz CT molecular complexity index is 776. The monoisotopic (exact) mass is 766 g/mol. The van der Waals surface area contributed by atoms with Crippen molar-refractivity contribution in [2.24, 2.45) is 0 Å². The fourth-order valence-corrected chi connectivity index (χ4v) is 7.64. The zero-order valence-corrected chi connectivity index (χ0v) is 36.2. The van der Waals surface area contributed by atoms with Crippen LogP contribution in [-0.4, -0.2) is 57.3 Å². The predicted molar refractivity (Wildman–Crippen MR) is 233 cm³/mol. The minimum absolute atomic E-state index is 0.368. The lowest BCUT2D eigenvalue weighted by molar-refractivity contribution is -0.132. The molecule has 0 aromatic carbocycles. The van der Waals surface area contributed by atoms with E-state index >= 15 is 0 Å². The Morgan fingerprint density at radius 1 is 0.444 bits per heavy atom. The van der Waals surface area contributed by atoms with E-state index in [1.54, 1.807) is 0 Å². The number of allylic oxidation sites excluding steroid dienone is 2. The average Bonchev–Trinajstić information content (AvgIpc) is 3.18. The van der Waals surface area contributed by atoms with E-state index in [4.69, 9.17) is 0 Å². The van der Waals surface area contributed by atoms with Crippen LogP contribution >= 0.6 is 0 Å². The minimum Gasteiger partial charge on any atom is -0.394 e. The molecule has 0 rings (SSSR count). The summed E-state index contributed by atoms with van der Waals surface area (Å²) in [6, 6.07) is -0.997. The third kappa shape index (κ3) is 36.7. The van der Waals surface area contributed by atoms with Gasteiger partial charge in [-0.2, -0.15) is 0 Å². The molecular weight excluding hydrogens is 671 g/mol. The van der Waals surface area contributed by atoms with Crippen LogP contribution in [0.5, 0.6) is 0 Å². The maximum absolute atomic E-state index is 12.5. The van der Waals surface area contributed by atoms with Crippen LogP contribution in [0, 0.1) is 0 Å². The van der Waals surface area contributed by atoms with E-state index in [1.807, 2.05) is 0 Å². The maximum atomic E-state index is 12.5. The first-order valence-corrected chi connectivity index (χ1v) is 24.1. The summed E-state index contributed by atoms with van der Waals surface area (Å²) < 4.78 is 0. The van der Waals surface area contributed by atoms with Crippen molar-refractivity contribution in [1.82, 2.24) is 5.32 Å². The molecule has 0 spiro atoms. The number of carbonyl (C=O) groups is 1. The molecule has 0 aromatic rings. The van der Waals surface area contributed by atoms with Crippen LogP contribution in [0.15, 0.2) is 12.2 Å². The van der Waals surface area contributed by atoms with Crippen molar-refractivity contribution in [1.29, 1.82) is 0 Å². The second-order valence-corrected chi connectivity index (χ2v) is 16.8. The van der Waals surface area contributed by atoms with Gasteiger partial charge >= 0.3 is 0 Å². The first-order valence-electron chi connectivity index (χ1n) is 24.1. The quantitative estimate of drug-likeness (QED) is 0.0313. The summed E-state index contributed by atoms with van der Waals surface area (Å²) in [7, 11) is 0. The van der Waals surface area contributed by atoms with Gasteiger partial charge in [0.25, 0.3) is 0 Å². The topological polar surface area (TPSA) is 110 Å². The third-order valence-electron chi connectivity index (χ3n) is 11.5. The van der Waals surface area contributed by atoms with Gasteiger partial charge in [0.05, 0.1) is 18.8 Å². The standard InChI is InChI=1S/C48H95NO5/c1-3-5-7-9-11-13-15-17-19-21-23-24-26-28-30-32-34-36-38-40-42-46(52)48(54)49-44(43-50)47(53)45(51)41-39-37-35-33-31-29-27-25-22-20-18-16-14-12-10-8-6-4-2/h33,35,44-47,50-53H,3-32,34,36-43H2,1-2H3,(H,49,54)/b35-33+. The molecule has 0 aliphatic heterocycles. The van der Waals surface area contributed by atoms with Gasteiger partial charge in [-0.3, -0.25) is 4.79 Å². The number of hydrogen-bond donors (Lipinski definition) is 5. The number of aliphatic hydroxyl groups excluding tert-OH is 4. The number of nitrogens with one attached hydrogen (secondary N) is 1. The Morgan fingerprint density at radius 2 is 0.759 bits per heavy atom. The van der Waals surface area contributed by atoms with Gasteiger partial charge in [-0.05, 0) is 38.5 Å². The SMILES string of the molecule is CCCCCCCCCCCCCCC/C=C/CCCC(O)C(O)C(CO)NC(=O)C(O)CCCCCCCCCCCCCCCCCCCCCC. The van der Waals surface area contributed by atoms with Gasteiger partial charge in [0.1, 0.15) is 12.2 Å². The second-order valence-electron chi connectivity index (χ2n) is 16.8. The third-order valence-corrected chi connectivity index (χ3v) is 11.5. The van der Waals surface area contributed by atoms with Crippen molar-refractivity contribution in [3.05, 3.63) is 12.2 Å². The normalized spacial score (nSPS) is 14.1. The lowest BCUT2D eigenvalue weighted by Gasteiger charge is -2.27. The molecule has 1 amide bonds. The van der Waals surface area contributed by atoms with E-state index in [1.165, 1.54) is 193 Å².